The van der Waals surface area contributed by atoms with Crippen molar-refractivity contribution in [2.45, 2.75) is 26.4 Å². The molecule has 0 aliphatic heterocycles. The standard InChI is InChI=1S/C17H20O4/c1-2-20-17(19)15-13-8-12(9-14(13)15)16(18)21-10-11-6-4-3-5-7-11/h3-7,12-15H,2,8-10H2,1H3/t12?,13-,14+,15+. The number of carbonyl (C=O) groups excluding carboxylic acids is 2. The van der Waals surface area contributed by atoms with E-state index in [-0.39, 0.29) is 23.8 Å². The molecule has 4 nitrogen and oxygen atoms in total. The predicted octanol–water partition coefficient (Wildman–Crippen LogP) is 2.57. The van der Waals surface area contributed by atoms with E-state index in [0.29, 0.717) is 25.0 Å². The van der Waals surface area contributed by atoms with Gasteiger partial charge >= 0.3 is 11.9 Å². The summed E-state index contributed by atoms with van der Waals surface area (Å²) in [5.74, 6) is 0.423. The van der Waals surface area contributed by atoms with E-state index in [9.17, 15) is 9.59 Å². The average Bonchev–Trinajstić information content (AvgIpc) is 3.01. The molecule has 3 rings (SSSR count). The van der Waals surface area contributed by atoms with Gasteiger partial charge in [-0.1, -0.05) is 30.3 Å². The molecule has 0 heterocycles. The van der Waals surface area contributed by atoms with Crippen molar-refractivity contribution in [1.29, 1.82) is 0 Å². The smallest absolute Gasteiger partial charge is 0.309 e. The van der Waals surface area contributed by atoms with Gasteiger partial charge in [-0.2, -0.15) is 0 Å². The van der Waals surface area contributed by atoms with Gasteiger partial charge in [-0.05, 0) is 37.2 Å². The first kappa shape index (κ1) is 14.1. The summed E-state index contributed by atoms with van der Waals surface area (Å²) in [7, 11) is 0. The van der Waals surface area contributed by atoms with E-state index in [4.69, 9.17) is 9.47 Å². The molecule has 0 aromatic heterocycles. The minimum atomic E-state index is -0.131. The molecule has 2 aliphatic carbocycles. The molecule has 2 aliphatic rings. The molecule has 0 N–H and O–H groups in total. The summed E-state index contributed by atoms with van der Waals surface area (Å²) in [6, 6.07) is 9.67. The Morgan fingerprint density at radius 1 is 1.05 bits per heavy atom. The normalized spacial score (nSPS) is 29.6. The van der Waals surface area contributed by atoms with Gasteiger partial charge in [-0.25, -0.2) is 0 Å². The van der Waals surface area contributed by atoms with E-state index in [1.165, 1.54) is 0 Å². The van der Waals surface area contributed by atoms with Crippen LogP contribution in [0, 0.1) is 23.7 Å². The fourth-order valence-corrected chi connectivity index (χ4v) is 3.47. The highest BCUT2D eigenvalue weighted by molar-refractivity contribution is 5.79. The Morgan fingerprint density at radius 2 is 1.71 bits per heavy atom. The van der Waals surface area contributed by atoms with Crippen LogP contribution in [-0.4, -0.2) is 18.5 Å². The Balaban J connectivity index is 1.44. The van der Waals surface area contributed by atoms with Crippen molar-refractivity contribution in [1.82, 2.24) is 0 Å². The third-order valence-corrected chi connectivity index (χ3v) is 4.56. The van der Waals surface area contributed by atoms with E-state index in [2.05, 4.69) is 0 Å². The molecule has 0 saturated heterocycles. The van der Waals surface area contributed by atoms with Crippen LogP contribution in [-0.2, 0) is 25.7 Å². The molecular weight excluding hydrogens is 268 g/mol. The van der Waals surface area contributed by atoms with Gasteiger partial charge in [0.25, 0.3) is 0 Å². The fourth-order valence-electron chi connectivity index (χ4n) is 3.47. The van der Waals surface area contributed by atoms with Crippen LogP contribution in [0.2, 0.25) is 0 Å². The van der Waals surface area contributed by atoms with Crippen molar-refractivity contribution in [3.63, 3.8) is 0 Å². The lowest BCUT2D eigenvalue weighted by Gasteiger charge is -2.13. The summed E-state index contributed by atoms with van der Waals surface area (Å²) < 4.78 is 10.4. The first-order valence-electron chi connectivity index (χ1n) is 7.58. The second-order valence-corrected chi connectivity index (χ2v) is 5.87. The average molecular weight is 288 g/mol. The van der Waals surface area contributed by atoms with Gasteiger partial charge in [0.05, 0.1) is 18.4 Å². The largest absolute Gasteiger partial charge is 0.466 e. The van der Waals surface area contributed by atoms with E-state index < -0.39 is 0 Å². The Labute approximate surface area is 124 Å². The lowest BCUT2D eigenvalue weighted by molar-refractivity contribution is -0.152. The quantitative estimate of drug-likeness (QED) is 0.781. The number of hydrogen-bond acceptors (Lipinski definition) is 4. The molecule has 0 amide bonds. The summed E-state index contributed by atoms with van der Waals surface area (Å²) in [6.07, 6.45) is 1.53. The van der Waals surface area contributed by atoms with Crippen molar-refractivity contribution < 1.29 is 19.1 Å². The van der Waals surface area contributed by atoms with Crippen LogP contribution >= 0.6 is 0 Å². The Kier molecular flexibility index (Phi) is 3.95. The van der Waals surface area contributed by atoms with Crippen LogP contribution in [0.5, 0.6) is 0 Å². The zero-order valence-electron chi connectivity index (χ0n) is 12.2. The van der Waals surface area contributed by atoms with Crippen molar-refractivity contribution in [3.8, 4) is 0 Å². The number of fused-ring (bicyclic) bond motifs is 1. The monoisotopic (exact) mass is 288 g/mol. The van der Waals surface area contributed by atoms with Gasteiger partial charge < -0.3 is 9.47 Å². The third-order valence-electron chi connectivity index (χ3n) is 4.56. The fraction of sp³-hybridized carbons (Fsp3) is 0.529. The van der Waals surface area contributed by atoms with E-state index in [1.54, 1.807) is 0 Å². The van der Waals surface area contributed by atoms with Crippen molar-refractivity contribution >= 4 is 11.9 Å². The highest BCUT2D eigenvalue weighted by Gasteiger charge is 2.61. The van der Waals surface area contributed by atoms with E-state index >= 15 is 0 Å². The van der Waals surface area contributed by atoms with Crippen LogP contribution in [0.3, 0.4) is 0 Å². The molecule has 1 aromatic carbocycles. The molecule has 0 spiro atoms. The van der Waals surface area contributed by atoms with Gasteiger partial charge in [0.2, 0.25) is 0 Å². The molecule has 2 fully saturated rings. The molecule has 1 aromatic rings. The van der Waals surface area contributed by atoms with Crippen molar-refractivity contribution in [3.05, 3.63) is 35.9 Å². The van der Waals surface area contributed by atoms with Crippen LogP contribution < -0.4 is 0 Å². The van der Waals surface area contributed by atoms with Crippen molar-refractivity contribution in [2.75, 3.05) is 6.61 Å². The second-order valence-electron chi connectivity index (χ2n) is 5.87. The van der Waals surface area contributed by atoms with Crippen LogP contribution in [0.25, 0.3) is 0 Å². The van der Waals surface area contributed by atoms with E-state index in [0.717, 1.165) is 18.4 Å². The number of carbonyl (C=O) groups is 2. The minimum Gasteiger partial charge on any atom is -0.466 e. The topological polar surface area (TPSA) is 52.6 Å². The molecule has 4 atom stereocenters. The molecule has 0 radical (unpaired) electrons. The first-order valence-corrected chi connectivity index (χ1v) is 7.58. The molecule has 112 valence electrons. The Hall–Kier alpha value is -1.84. The second kappa shape index (κ2) is 5.88. The Morgan fingerprint density at radius 3 is 2.33 bits per heavy atom. The number of esters is 2. The van der Waals surface area contributed by atoms with Crippen molar-refractivity contribution in [2.24, 2.45) is 23.7 Å². The lowest BCUT2D eigenvalue weighted by Crippen LogP contribution is -2.19. The van der Waals surface area contributed by atoms with Gasteiger partial charge in [-0.3, -0.25) is 9.59 Å². The molecule has 21 heavy (non-hydrogen) atoms. The van der Waals surface area contributed by atoms with Crippen LogP contribution in [0.4, 0.5) is 0 Å². The zero-order valence-corrected chi connectivity index (χ0v) is 12.2. The maximum atomic E-state index is 12.0. The first-order chi connectivity index (χ1) is 10.2. The number of benzene rings is 1. The summed E-state index contributed by atoms with van der Waals surface area (Å²) in [5, 5.41) is 0. The number of hydrogen-bond donors (Lipinski definition) is 0. The summed E-state index contributed by atoms with van der Waals surface area (Å²) in [6.45, 7) is 2.57. The van der Waals surface area contributed by atoms with Gasteiger partial charge in [0, 0.05) is 0 Å². The predicted molar refractivity (Wildman–Crippen MR) is 76.1 cm³/mol. The lowest BCUT2D eigenvalue weighted by atomic mass is 10.0. The molecular formula is C17H20O4. The van der Waals surface area contributed by atoms with Crippen LogP contribution in [0.1, 0.15) is 25.3 Å². The number of rotatable bonds is 5. The highest BCUT2D eigenvalue weighted by atomic mass is 16.5. The molecule has 1 unspecified atom stereocenters. The van der Waals surface area contributed by atoms with Crippen LogP contribution in [0.15, 0.2) is 30.3 Å². The van der Waals surface area contributed by atoms with E-state index in [1.807, 2.05) is 37.3 Å². The SMILES string of the molecule is CCOC(=O)[C@H]1[C@@H]2CC(C(=O)OCc3ccccc3)C[C@@H]21. The Bertz CT molecular complexity index is 513. The van der Waals surface area contributed by atoms with Gasteiger partial charge in [0.15, 0.2) is 0 Å². The molecule has 0 bridgehead atoms. The summed E-state index contributed by atoms with van der Waals surface area (Å²) in [4.78, 5) is 23.7. The maximum Gasteiger partial charge on any atom is 0.309 e. The molecule has 4 heteroatoms. The summed E-state index contributed by atoms with van der Waals surface area (Å²) >= 11 is 0. The minimum absolute atomic E-state index is 0.0307. The number of ether oxygens (including phenoxy) is 2. The maximum absolute atomic E-state index is 12.0. The van der Waals surface area contributed by atoms with Gasteiger partial charge in [-0.15, -0.1) is 0 Å². The highest BCUT2D eigenvalue weighted by Crippen LogP contribution is 2.60. The zero-order chi connectivity index (χ0) is 14.8. The molecule has 2 saturated carbocycles. The van der Waals surface area contributed by atoms with Gasteiger partial charge in [0.1, 0.15) is 6.61 Å². The third kappa shape index (κ3) is 2.94. The summed E-state index contributed by atoms with van der Waals surface area (Å²) in [5.41, 5.74) is 0.999.